The molecule has 0 fully saturated rings. The predicted octanol–water partition coefficient (Wildman–Crippen LogP) is 3.48. The number of carbonyl (C=O) groups is 1. The molecule has 0 atom stereocenters. The van der Waals surface area contributed by atoms with Crippen LogP contribution in [0.5, 0.6) is 28.7 Å². The molecule has 0 aromatic heterocycles. The second kappa shape index (κ2) is 14.8. The lowest BCUT2D eigenvalue weighted by atomic mass is 10.1. The third kappa shape index (κ3) is 8.26. The molecule has 0 aliphatic carbocycles. The zero-order chi connectivity index (χ0) is 24.8. The van der Waals surface area contributed by atoms with Gasteiger partial charge >= 0.3 is 5.97 Å². The molecule has 0 bridgehead atoms. The highest BCUT2D eigenvalue weighted by Crippen LogP contribution is 2.38. The summed E-state index contributed by atoms with van der Waals surface area (Å²) in [6.45, 7) is 1.40. The zero-order valence-corrected chi connectivity index (χ0v) is 20.3. The van der Waals surface area contributed by atoms with Gasteiger partial charge in [0.15, 0.2) is 23.0 Å². The Labute approximate surface area is 200 Å². The van der Waals surface area contributed by atoms with Crippen molar-refractivity contribution in [2.45, 2.75) is 0 Å². The lowest BCUT2D eigenvalue weighted by Crippen LogP contribution is -2.18. The Kier molecular flexibility index (Phi) is 11.7. The first-order valence-electron chi connectivity index (χ1n) is 10.6. The Bertz CT molecular complexity index is 915. The minimum Gasteiger partial charge on any atom is -0.493 e. The van der Waals surface area contributed by atoms with Crippen LogP contribution >= 0.6 is 0 Å². The van der Waals surface area contributed by atoms with Gasteiger partial charge in [0.25, 0.3) is 0 Å². The monoisotopic (exact) mass is 476 g/mol. The molecule has 34 heavy (non-hydrogen) atoms. The van der Waals surface area contributed by atoms with Crippen LogP contribution in [0.2, 0.25) is 0 Å². The van der Waals surface area contributed by atoms with E-state index in [9.17, 15) is 4.79 Å². The maximum absolute atomic E-state index is 12.2. The van der Waals surface area contributed by atoms with Crippen molar-refractivity contribution in [2.24, 2.45) is 0 Å². The van der Waals surface area contributed by atoms with Gasteiger partial charge in [-0.2, -0.15) is 0 Å². The Hall–Kier alpha value is -3.27. The third-order valence-electron chi connectivity index (χ3n) is 4.59. The summed E-state index contributed by atoms with van der Waals surface area (Å²) < 4.78 is 42.3. The maximum Gasteiger partial charge on any atom is 0.337 e. The van der Waals surface area contributed by atoms with E-state index in [4.69, 9.17) is 37.9 Å². The molecule has 2 aromatic carbocycles. The zero-order valence-electron chi connectivity index (χ0n) is 20.3. The molecule has 0 heterocycles. The second-order valence-electron chi connectivity index (χ2n) is 6.83. The lowest BCUT2D eigenvalue weighted by Gasteiger charge is -2.13. The van der Waals surface area contributed by atoms with E-state index in [1.807, 2.05) is 30.4 Å². The van der Waals surface area contributed by atoms with E-state index < -0.39 is 5.97 Å². The predicted molar refractivity (Wildman–Crippen MR) is 127 cm³/mol. The topological polar surface area (TPSA) is 90.9 Å². The molecule has 0 spiro atoms. The molecule has 0 N–H and O–H groups in total. The van der Waals surface area contributed by atoms with Gasteiger partial charge in [-0.15, -0.1) is 0 Å². The second-order valence-corrected chi connectivity index (χ2v) is 6.83. The van der Waals surface area contributed by atoms with E-state index >= 15 is 0 Å². The summed E-state index contributed by atoms with van der Waals surface area (Å²) in [5.41, 5.74) is 1.63. The summed E-state index contributed by atoms with van der Waals surface area (Å²) in [6.07, 6.45) is 3.75. The number of ether oxygens (including phenoxy) is 8. The Morgan fingerprint density at radius 3 is 1.88 bits per heavy atom. The molecule has 2 rings (SSSR count). The minimum atomic E-state index is -0.541. The molecule has 0 amide bonds. The number of methoxy groups -OCH3 is 5. The number of hydrogen-bond donors (Lipinski definition) is 0. The molecule has 9 heteroatoms. The molecule has 186 valence electrons. The van der Waals surface area contributed by atoms with Gasteiger partial charge in [0.1, 0.15) is 6.61 Å². The lowest BCUT2D eigenvalue weighted by molar-refractivity contribution is -0.140. The van der Waals surface area contributed by atoms with Gasteiger partial charge in [0.2, 0.25) is 5.75 Å². The molecule has 0 aliphatic rings. The Morgan fingerprint density at radius 2 is 1.26 bits per heavy atom. The highest BCUT2D eigenvalue weighted by Gasteiger charge is 2.13. The number of rotatable bonds is 15. The van der Waals surface area contributed by atoms with Gasteiger partial charge in [-0.05, 0) is 35.4 Å². The SMILES string of the molecule is COCCOCCOCC(=O)Oc1cc(/C=C/c2cc(OC)c(OC)c(OC)c2)ccc1OC. The van der Waals surface area contributed by atoms with Crippen molar-refractivity contribution in [1.82, 2.24) is 0 Å². The van der Waals surface area contributed by atoms with Crippen LogP contribution in [0, 0.1) is 0 Å². The normalized spacial score (nSPS) is 10.9. The number of esters is 1. The van der Waals surface area contributed by atoms with Gasteiger partial charge in [0.05, 0.1) is 54.9 Å². The molecular formula is C25H32O9. The maximum atomic E-state index is 12.2. The highest BCUT2D eigenvalue weighted by molar-refractivity contribution is 5.77. The smallest absolute Gasteiger partial charge is 0.337 e. The quantitative estimate of drug-likeness (QED) is 0.166. The summed E-state index contributed by atoms with van der Waals surface area (Å²) in [5.74, 6) is 1.80. The van der Waals surface area contributed by atoms with Crippen molar-refractivity contribution in [3.63, 3.8) is 0 Å². The molecule has 0 unspecified atom stereocenters. The number of hydrogen-bond acceptors (Lipinski definition) is 9. The van der Waals surface area contributed by atoms with Gasteiger partial charge < -0.3 is 37.9 Å². The van der Waals surface area contributed by atoms with E-state index in [0.29, 0.717) is 48.6 Å². The van der Waals surface area contributed by atoms with Crippen LogP contribution in [0.1, 0.15) is 11.1 Å². The fraction of sp³-hybridized carbons (Fsp3) is 0.400. The molecular weight excluding hydrogens is 444 g/mol. The van der Waals surface area contributed by atoms with Crippen LogP contribution in [0.3, 0.4) is 0 Å². The van der Waals surface area contributed by atoms with E-state index in [-0.39, 0.29) is 13.2 Å². The van der Waals surface area contributed by atoms with E-state index in [1.54, 1.807) is 40.6 Å². The van der Waals surface area contributed by atoms with Crippen molar-refractivity contribution in [1.29, 1.82) is 0 Å². The first-order valence-corrected chi connectivity index (χ1v) is 10.6. The van der Waals surface area contributed by atoms with Gasteiger partial charge in [0, 0.05) is 7.11 Å². The first-order chi connectivity index (χ1) is 16.6. The van der Waals surface area contributed by atoms with Crippen LogP contribution in [-0.4, -0.2) is 74.6 Å². The number of carbonyl (C=O) groups excluding carboxylic acids is 1. The standard InChI is InChI=1S/C25H32O9/c1-27-10-11-32-12-13-33-17-24(26)34-21-14-18(8-9-20(21)28-2)6-7-19-15-22(29-3)25(31-5)23(16-19)30-4/h6-9,14-16H,10-13,17H2,1-5H3/b7-6+. The van der Waals surface area contributed by atoms with Gasteiger partial charge in [-0.1, -0.05) is 18.2 Å². The summed E-state index contributed by atoms with van der Waals surface area (Å²) in [7, 11) is 7.78. The van der Waals surface area contributed by atoms with Crippen LogP contribution < -0.4 is 23.7 Å². The number of benzene rings is 2. The Morgan fingerprint density at radius 1 is 0.676 bits per heavy atom. The largest absolute Gasteiger partial charge is 0.493 e. The highest BCUT2D eigenvalue weighted by atomic mass is 16.6. The van der Waals surface area contributed by atoms with E-state index in [1.165, 1.54) is 7.11 Å². The third-order valence-corrected chi connectivity index (χ3v) is 4.59. The Balaban J connectivity index is 2.04. The van der Waals surface area contributed by atoms with Crippen LogP contribution in [0.25, 0.3) is 12.2 Å². The molecule has 0 saturated carbocycles. The van der Waals surface area contributed by atoms with Crippen LogP contribution in [0.4, 0.5) is 0 Å². The minimum absolute atomic E-state index is 0.206. The average molecular weight is 477 g/mol. The van der Waals surface area contributed by atoms with Gasteiger partial charge in [-0.25, -0.2) is 4.79 Å². The van der Waals surface area contributed by atoms with Crippen LogP contribution in [0.15, 0.2) is 30.3 Å². The molecule has 9 nitrogen and oxygen atoms in total. The summed E-state index contributed by atoms with van der Waals surface area (Å²) >= 11 is 0. The molecule has 0 radical (unpaired) electrons. The van der Waals surface area contributed by atoms with E-state index in [0.717, 1.165) is 11.1 Å². The van der Waals surface area contributed by atoms with Crippen molar-refractivity contribution < 1.29 is 42.7 Å². The summed E-state index contributed by atoms with van der Waals surface area (Å²) in [4.78, 5) is 12.2. The average Bonchev–Trinajstić information content (AvgIpc) is 2.86. The summed E-state index contributed by atoms with van der Waals surface area (Å²) in [6, 6.07) is 8.94. The van der Waals surface area contributed by atoms with Crippen LogP contribution in [-0.2, 0) is 19.0 Å². The molecule has 0 saturated heterocycles. The fourth-order valence-electron chi connectivity index (χ4n) is 2.94. The van der Waals surface area contributed by atoms with Crippen molar-refractivity contribution in [3.05, 3.63) is 41.5 Å². The fourth-order valence-corrected chi connectivity index (χ4v) is 2.94. The van der Waals surface area contributed by atoms with E-state index in [2.05, 4.69) is 0 Å². The molecule has 2 aromatic rings. The molecule has 0 aliphatic heterocycles. The first kappa shape index (κ1) is 27.0. The van der Waals surface area contributed by atoms with Gasteiger partial charge in [-0.3, -0.25) is 0 Å². The summed E-state index contributed by atoms with van der Waals surface area (Å²) in [5, 5.41) is 0. The van der Waals surface area contributed by atoms with Crippen molar-refractivity contribution in [3.8, 4) is 28.7 Å². The van der Waals surface area contributed by atoms with Crippen molar-refractivity contribution >= 4 is 18.1 Å². The van der Waals surface area contributed by atoms with Crippen molar-refractivity contribution in [2.75, 3.05) is 68.6 Å².